The van der Waals surface area contributed by atoms with Crippen molar-refractivity contribution in [3.8, 4) is 11.3 Å². The van der Waals surface area contributed by atoms with E-state index in [0.717, 1.165) is 29.2 Å². The van der Waals surface area contributed by atoms with E-state index in [2.05, 4.69) is 32.6 Å². The molecule has 0 saturated carbocycles. The molecule has 0 aliphatic rings. The number of anilines is 1. The summed E-state index contributed by atoms with van der Waals surface area (Å²) in [6.07, 6.45) is 1.75. The highest BCUT2D eigenvalue weighted by atomic mass is 32.1. The summed E-state index contributed by atoms with van der Waals surface area (Å²) in [6, 6.07) is 10.2. The third-order valence-corrected chi connectivity index (χ3v) is 3.27. The van der Waals surface area contributed by atoms with Crippen LogP contribution in [0.4, 0.5) is 5.69 Å². The number of nitrogens with one attached hydrogen (secondary N) is 2. The van der Waals surface area contributed by atoms with Crippen molar-refractivity contribution in [1.82, 2.24) is 15.2 Å². The van der Waals surface area contributed by atoms with Gasteiger partial charge in [-0.2, -0.15) is 5.10 Å². The fourth-order valence-electron chi connectivity index (χ4n) is 1.73. The van der Waals surface area contributed by atoms with Crippen LogP contribution < -0.4 is 5.32 Å². The predicted molar refractivity (Wildman–Crippen MR) is 73.5 cm³/mol. The van der Waals surface area contributed by atoms with Crippen LogP contribution >= 0.6 is 11.3 Å². The molecule has 90 valence electrons. The Balaban J connectivity index is 1.75. The number of hydrogen-bond acceptors (Lipinski definition) is 4. The SMILES string of the molecule is c1cc(NCc2cscn2)cc(-c2ccn[nH]2)c1. The summed E-state index contributed by atoms with van der Waals surface area (Å²) in [5, 5.41) is 12.3. The van der Waals surface area contributed by atoms with Crippen molar-refractivity contribution in [1.29, 1.82) is 0 Å². The maximum atomic E-state index is 4.24. The lowest BCUT2D eigenvalue weighted by atomic mass is 10.1. The predicted octanol–water partition coefficient (Wildman–Crippen LogP) is 3.15. The summed E-state index contributed by atoms with van der Waals surface area (Å²) in [7, 11) is 0. The van der Waals surface area contributed by atoms with Crippen molar-refractivity contribution in [2.24, 2.45) is 0 Å². The molecule has 0 spiro atoms. The summed E-state index contributed by atoms with van der Waals surface area (Å²) in [6.45, 7) is 0.746. The number of thiazole rings is 1. The molecule has 3 aromatic rings. The molecule has 0 fully saturated rings. The van der Waals surface area contributed by atoms with E-state index in [1.165, 1.54) is 0 Å². The van der Waals surface area contributed by atoms with Gasteiger partial charge in [0.1, 0.15) is 0 Å². The van der Waals surface area contributed by atoms with E-state index < -0.39 is 0 Å². The van der Waals surface area contributed by atoms with Gasteiger partial charge in [0.2, 0.25) is 0 Å². The van der Waals surface area contributed by atoms with E-state index in [4.69, 9.17) is 0 Å². The molecule has 0 amide bonds. The molecule has 0 unspecified atom stereocenters. The minimum Gasteiger partial charge on any atom is -0.379 e. The van der Waals surface area contributed by atoms with E-state index in [1.54, 1.807) is 17.5 Å². The van der Waals surface area contributed by atoms with Crippen LogP contribution in [0.5, 0.6) is 0 Å². The third-order valence-electron chi connectivity index (χ3n) is 2.63. The zero-order valence-corrected chi connectivity index (χ0v) is 10.4. The maximum Gasteiger partial charge on any atom is 0.0795 e. The van der Waals surface area contributed by atoms with E-state index in [-0.39, 0.29) is 0 Å². The van der Waals surface area contributed by atoms with Crippen molar-refractivity contribution in [2.45, 2.75) is 6.54 Å². The normalized spacial score (nSPS) is 10.4. The average Bonchev–Trinajstić information content (AvgIpc) is 3.10. The molecule has 0 aliphatic carbocycles. The highest BCUT2D eigenvalue weighted by Gasteiger charge is 2.00. The molecule has 2 N–H and O–H groups in total. The van der Waals surface area contributed by atoms with E-state index in [1.807, 2.05) is 29.1 Å². The molecule has 5 heteroatoms. The van der Waals surface area contributed by atoms with Crippen LogP contribution in [0, 0.1) is 0 Å². The van der Waals surface area contributed by atoms with Crippen molar-refractivity contribution in [3.63, 3.8) is 0 Å². The number of aromatic amines is 1. The summed E-state index contributed by atoms with van der Waals surface area (Å²) < 4.78 is 0. The zero-order valence-electron chi connectivity index (χ0n) is 9.63. The number of hydrogen-bond donors (Lipinski definition) is 2. The Kier molecular flexibility index (Phi) is 3.06. The Morgan fingerprint density at radius 1 is 1.28 bits per heavy atom. The fraction of sp³-hybridized carbons (Fsp3) is 0.0769. The van der Waals surface area contributed by atoms with Crippen LogP contribution in [0.1, 0.15) is 5.69 Å². The number of benzene rings is 1. The van der Waals surface area contributed by atoms with Crippen LogP contribution in [0.2, 0.25) is 0 Å². The molecule has 18 heavy (non-hydrogen) atoms. The first kappa shape index (κ1) is 11.0. The largest absolute Gasteiger partial charge is 0.379 e. The van der Waals surface area contributed by atoms with Gasteiger partial charge in [-0.25, -0.2) is 4.98 Å². The lowest BCUT2D eigenvalue weighted by Crippen LogP contribution is -1.99. The lowest BCUT2D eigenvalue weighted by molar-refractivity contribution is 1.07. The quantitative estimate of drug-likeness (QED) is 0.754. The van der Waals surface area contributed by atoms with Gasteiger partial charge in [0.15, 0.2) is 0 Å². The molecular formula is C13H12N4S. The average molecular weight is 256 g/mol. The molecular weight excluding hydrogens is 244 g/mol. The van der Waals surface area contributed by atoms with Crippen LogP contribution in [0.15, 0.2) is 47.4 Å². The molecule has 0 bridgehead atoms. The lowest BCUT2D eigenvalue weighted by Gasteiger charge is -2.06. The summed E-state index contributed by atoms with van der Waals surface area (Å²) in [5.41, 5.74) is 6.13. The van der Waals surface area contributed by atoms with E-state index in [9.17, 15) is 0 Å². The monoisotopic (exact) mass is 256 g/mol. The van der Waals surface area contributed by atoms with Crippen molar-refractivity contribution < 1.29 is 0 Å². The van der Waals surface area contributed by atoms with E-state index >= 15 is 0 Å². The topological polar surface area (TPSA) is 53.6 Å². The van der Waals surface area contributed by atoms with Gasteiger partial charge in [-0.3, -0.25) is 5.10 Å². The van der Waals surface area contributed by atoms with Crippen molar-refractivity contribution in [3.05, 3.63) is 53.1 Å². The Bertz CT molecular complexity index is 602. The van der Waals surface area contributed by atoms with Gasteiger partial charge in [-0.1, -0.05) is 12.1 Å². The van der Waals surface area contributed by atoms with Gasteiger partial charge >= 0.3 is 0 Å². The third kappa shape index (κ3) is 2.41. The first-order valence-electron chi connectivity index (χ1n) is 5.62. The standard InChI is InChI=1S/C13H12N4S/c1-2-10(13-4-5-16-17-13)6-11(3-1)14-7-12-8-18-9-15-12/h1-6,8-9,14H,7H2,(H,16,17). The second kappa shape index (κ2) is 5.01. The smallest absolute Gasteiger partial charge is 0.0795 e. The van der Waals surface area contributed by atoms with Gasteiger partial charge in [-0.15, -0.1) is 11.3 Å². The van der Waals surface area contributed by atoms with Gasteiger partial charge in [0.05, 0.1) is 23.4 Å². The summed E-state index contributed by atoms with van der Waals surface area (Å²) in [4.78, 5) is 4.24. The molecule has 0 radical (unpaired) electrons. The zero-order chi connectivity index (χ0) is 12.2. The summed E-state index contributed by atoms with van der Waals surface area (Å²) >= 11 is 1.61. The molecule has 3 rings (SSSR count). The molecule has 4 nitrogen and oxygen atoms in total. The van der Waals surface area contributed by atoms with Crippen molar-refractivity contribution >= 4 is 17.0 Å². The Morgan fingerprint density at radius 2 is 2.28 bits per heavy atom. The van der Waals surface area contributed by atoms with Gasteiger partial charge in [0, 0.05) is 22.8 Å². The van der Waals surface area contributed by atoms with Crippen LogP contribution in [0.25, 0.3) is 11.3 Å². The first-order valence-corrected chi connectivity index (χ1v) is 6.57. The number of aromatic nitrogens is 3. The first-order chi connectivity index (χ1) is 8.92. The molecule has 0 saturated heterocycles. The van der Waals surface area contributed by atoms with Crippen LogP contribution in [-0.4, -0.2) is 15.2 Å². The van der Waals surface area contributed by atoms with Gasteiger partial charge in [0.25, 0.3) is 0 Å². The minimum atomic E-state index is 0.746. The Hall–Kier alpha value is -2.14. The van der Waals surface area contributed by atoms with E-state index in [0.29, 0.717) is 0 Å². The molecule has 2 aromatic heterocycles. The second-order valence-electron chi connectivity index (χ2n) is 3.88. The Morgan fingerprint density at radius 3 is 3.06 bits per heavy atom. The summed E-state index contributed by atoms with van der Waals surface area (Å²) in [5.74, 6) is 0. The molecule has 1 aromatic carbocycles. The second-order valence-corrected chi connectivity index (χ2v) is 4.60. The molecule has 2 heterocycles. The molecule has 0 aliphatic heterocycles. The van der Waals surface area contributed by atoms with Crippen LogP contribution in [-0.2, 0) is 6.54 Å². The van der Waals surface area contributed by atoms with Crippen LogP contribution in [0.3, 0.4) is 0 Å². The Labute approximate surface area is 109 Å². The molecule has 0 atom stereocenters. The maximum absolute atomic E-state index is 4.24. The minimum absolute atomic E-state index is 0.746. The number of rotatable bonds is 4. The number of H-pyrrole nitrogens is 1. The highest BCUT2D eigenvalue weighted by molar-refractivity contribution is 7.07. The van der Waals surface area contributed by atoms with Gasteiger partial charge < -0.3 is 5.32 Å². The fourth-order valence-corrected chi connectivity index (χ4v) is 2.29. The number of nitrogens with zero attached hydrogens (tertiary/aromatic N) is 2. The van der Waals surface area contributed by atoms with Gasteiger partial charge in [-0.05, 0) is 18.2 Å². The van der Waals surface area contributed by atoms with Crippen molar-refractivity contribution in [2.75, 3.05) is 5.32 Å². The highest BCUT2D eigenvalue weighted by Crippen LogP contribution is 2.20.